The van der Waals surface area contributed by atoms with Gasteiger partial charge >= 0.3 is 0 Å². The van der Waals surface area contributed by atoms with E-state index in [4.69, 9.17) is 9.97 Å². The first-order chi connectivity index (χ1) is 48.6. The average molecular weight is 1250 g/mol. The number of para-hydroxylation sites is 4. The molecule has 4 aliphatic carbocycles. The minimum Gasteiger partial charge on any atom is -0.308 e. The second kappa shape index (κ2) is 21.9. The van der Waals surface area contributed by atoms with Gasteiger partial charge in [0.2, 0.25) is 0 Å². The first-order valence-corrected chi connectivity index (χ1v) is 33.9. The summed E-state index contributed by atoms with van der Waals surface area (Å²) in [6.07, 6.45) is 0. The lowest BCUT2D eigenvalue weighted by Gasteiger charge is -2.30. The Hall–Kier alpha value is -12.8. The van der Waals surface area contributed by atoms with Gasteiger partial charge in [0.1, 0.15) is 11.0 Å². The highest BCUT2D eigenvalue weighted by molar-refractivity contribution is 6.06. The number of hydrogen-bond acceptors (Lipinski definition) is 4. The molecule has 20 rings (SSSR count). The number of benzene rings is 15. The molecular weight excluding hydrogens is 1190 g/mol. The molecule has 15 aromatic carbocycles. The van der Waals surface area contributed by atoms with Gasteiger partial charge in [-0.2, -0.15) is 0 Å². The largest absolute Gasteiger partial charge is 0.308 e. The van der Waals surface area contributed by atoms with E-state index in [9.17, 15) is 0 Å². The van der Waals surface area contributed by atoms with Gasteiger partial charge in [-0.3, -0.25) is 0 Å². The third-order valence-corrected chi connectivity index (χ3v) is 21.3. The minimum absolute atomic E-state index is 0.410. The number of hydrogen-bond donors (Lipinski definition) is 0. The Morgan fingerprint density at radius 1 is 0.184 bits per heavy atom. The number of anilines is 6. The Bertz CT molecular complexity index is 5330. The standard InChI is InChI=1S/C94H60N4/c1-5-25-67(26-6-1)97(68-27-7-2-8-28-68)87-57-58-88(98(69-29-9-3-10-30-69)70-31-11-4-12-32-70)92-91(87)95-89(63-49-45-61(46-50-63)65-53-55-85-77(59-65)75-37-17-23-43-83(75)93(85)79-39-19-13-33-71(79)72-34-14-20-40-80(72)93)90(96-92)64-51-47-62(48-52-64)66-54-56-86-78(60-66)76-38-18-24-44-84(76)94(86)81-41-21-15-35-73(81)74-36-16-22-42-82(74)94/h1-60H. The van der Waals surface area contributed by atoms with Crippen molar-refractivity contribution in [3.63, 3.8) is 0 Å². The van der Waals surface area contributed by atoms with Gasteiger partial charge in [-0.05, 0) is 184 Å². The van der Waals surface area contributed by atoms with Crippen LogP contribution in [-0.4, -0.2) is 9.97 Å². The molecule has 4 nitrogen and oxygen atoms in total. The predicted octanol–water partition coefficient (Wildman–Crippen LogP) is 23.9. The number of nitrogens with zero attached hydrogens (tertiary/aromatic N) is 4. The number of fused-ring (bicyclic) bond motifs is 21. The summed E-state index contributed by atoms with van der Waals surface area (Å²) in [5.41, 5.74) is 35.6. The summed E-state index contributed by atoms with van der Waals surface area (Å²) in [5, 5.41) is 0. The molecule has 0 aliphatic heterocycles. The zero-order valence-corrected chi connectivity index (χ0v) is 53.4. The van der Waals surface area contributed by atoms with Crippen LogP contribution in [0, 0.1) is 0 Å². The molecule has 0 fully saturated rings. The van der Waals surface area contributed by atoms with E-state index in [0.29, 0.717) is 0 Å². The minimum atomic E-state index is -0.410. The quantitative estimate of drug-likeness (QED) is 0.137. The van der Waals surface area contributed by atoms with Crippen molar-refractivity contribution in [3.05, 3.63) is 408 Å². The molecule has 0 saturated carbocycles. The summed E-state index contributed by atoms with van der Waals surface area (Å²) in [4.78, 5) is 16.7. The SMILES string of the molecule is c1ccc(N(c2ccccc2)c2ccc(N(c3ccccc3)c3ccccc3)c3nc(-c4ccc(-c5ccc6c(c5)-c5ccccc5C65c6ccccc6-c6ccccc65)cc4)c(-c4ccc(-c5ccc6c(c5)-c5ccccc5C65c6ccccc6-c6ccccc65)cc4)nc23)cc1. The fourth-order valence-electron chi connectivity index (χ4n) is 17.2. The van der Waals surface area contributed by atoms with Crippen LogP contribution in [-0.2, 0) is 10.8 Å². The van der Waals surface area contributed by atoms with Crippen molar-refractivity contribution in [1.82, 2.24) is 9.97 Å². The molecule has 0 radical (unpaired) electrons. The van der Waals surface area contributed by atoms with E-state index in [1.807, 2.05) is 0 Å². The Balaban J connectivity index is 0.774. The fourth-order valence-corrected chi connectivity index (χ4v) is 17.2. The zero-order valence-electron chi connectivity index (χ0n) is 53.4. The second-order valence-electron chi connectivity index (χ2n) is 26.2. The van der Waals surface area contributed by atoms with Gasteiger partial charge in [-0.25, -0.2) is 9.97 Å². The topological polar surface area (TPSA) is 32.3 Å². The summed E-state index contributed by atoms with van der Waals surface area (Å²) in [6.45, 7) is 0. The van der Waals surface area contributed by atoms with E-state index >= 15 is 0 Å². The molecule has 0 atom stereocenters. The third kappa shape index (κ3) is 8.06. The van der Waals surface area contributed by atoms with Crippen LogP contribution in [0.4, 0.5) is 34.1 Å². The van der Waals surface area contributed by atoms with Gasteiger partial charge in [-0.1, -0.05) is 291 Å². The van der Waals surface area contributed by atoms with Crippen molar-refractivity contribution < 1.29 is 0 Å². The van der Waals surface area contributed by atoms with Crippen LogP contribution in [0.3, 0.4) is 0 Å². The number of rotatable bonds is 10. The van der Waals surface area contributed by atoms with Crippen molar-refractivity contribution in [2.45, 2.75) is 10.8 Å². The summed E-state index contributed by atoms with van der Waals surface area (Å²) in [5.74, 6) is 0. The number of aromatic nitrogens is 2. The molecule has 0 unspecified atom stereocenters. The summed E-state index contributed by atoms with van der Waals surface area (Å²) in [7, 11) is 0. The van der Waals surface area contributed by atoms with Crippen molar-refractivity contribution in [3.8, 4) is 89.3 Å². The molecule has 0 bridgehead atoms. The maximum Gasteiger partial charge on any atom is 0.116 e. The van der Waals surface area contributed by atoms with Gasteiger partial charge in [0, 0.05) is 33.9 Å². The van der Waals surface area contributed by atoms with E-state index in [0.717, 1.165) is 89.9 Å². The van der Waals surface area contributed by atoms with Crippen LogP contribution < -0.4 is 9.80 Å². The predicted molar refractivity (Wildman–Crippen MR) is 403 cm³/mol. The highest BCUT2D eigenvalue weighted by Gasteiger charge is 2.53. The normalized spacial score (nSPS) is 13.3. The fraction of sp³-hybridized carbons (Fsp3) is 0.0213. The van der Waals surface area contributed by atoms with Crippen LogP contribution in [0.15, 0.2) is 364 Å². The molecule has 4 aliphatic rings. The third-order valence-electron chi connectivity index (χ3n) is 21.3. The highest BCUT2D eigenvalue weighted by Crippen LogP contribution is 2.65. The molecule has 4 heteroatoms. The van der Waals surface area contributed by atoms with Gasteiger partial charge in [0.05, 0.1) is 33.6 Å². The highest BCUT2D eigenvalue weighted by atomic mass is 15.2. The molecule has 1 heterocycles. The van der Waals surface area contributed by atoms with Crippen LogP contribution >= 0.6 is 0 Å². The molecule has 0 amide bonds. The first-order valence-electron chi connectivity index (χ1n) is 33.9. The first kappa shape index (κ1) is 55.7. The molecular formula is C94H60N4. The molecule has 456 valence electrons. The monoisotopic (exact) mass is 1240 g/mol. The Kier molecular flexibility index (Phi) is 12.4. The molecule has 1 aromatic heterocycles. The van der Waals surface area contributed by atoms with Crippen molar-refractivity contribution in [2.75, 3.05) is 9.80 Å². The van der Waals surface area contributed by atoms with E-state index in [1.54, 1.807) is 0 Å². The van der Waals surface area contributed by atoms with Crippen molar-refractivity contribution >= 4 is 45.2 Å². The average Bonchev–Trinajstić information content (AvgIpc) is 1.53. The van der Waals surface area contributed by atoms with Crippen LogP contribution in [0.2, 0.25) is 0 Å². The lowest BCUT2D eigenvalue weighted by molar-refractivity contribution is 0.794. The van der Waals surface area contributed by atoms with Gasteiger partial charge < -0.3 is 9.80 Å². The smallest absolute Gasteiger partial charge is 0.116 e. The maximum atomic E-state index is 6.05. The summed E-state index contributed by atoms with van der Waals surface area (Å²) >= 11 is 0. The van der Waals surface area contributed by atoms with Crippen molar-refractivity contribution in [2.24, 2.45) is 0 Å². The molecule has 0 saturated heterocycles. The molecule has 98 heavy (non-hydrogen) atoms. The molecule has 16 aromatic rings. The van der Waals surface area contributed by atoms with E-state index in [-0.39, 0.29) is 0 Å². The van der Waals surface area contributed by atoms with Crippen molar-refractivity contribution in [1.29, 1.82) is 0 Å². The summed E-state index contributed by atoms with van der Waals surface area (Å²) in [6, 6.07) is 134. The second-order valence-corrected chi connectivity index (χ2v) is 26.2. The Morgan fingerprint density at radius 2 is 0.408 bits per heavy atom. The van der Waals surface area contributed by atoms with Gasteiger partial charge in [0.25, 0.3) is 0 Å². The zero-order chi connectivity index (χ0) is 64.5. The van der Waals surface area contributed by atoms with Gasteiger partial charge in [0.15, 0.2) is 0 Å². The van der Waals surface area contributed by atoms with E-state index in [1.165, 1.54) is 89.0 Å². The lowest BCUT2D eigenvalue weighted by Crippen LogP contribution is -2.25. The van der Waals surface area contributed by atoms with Crippen LogP contribution in [0.5, 0.6) is 0 Å². The molecule has 2 spiro atoms. The van der Waals surface area contributed by atoms with Crippen LogP contribution in [0.1, 0.15) is 44.5 Å². The van der Waals surface area contributed by atoms with E-state index in [2.05, 4.69) is 374 Å². The van der Waals surface area contributed by atoms with E-state index < -0.39 is 10.8 Å². The Labute approximate surface area is 570 Å². The molecule has 0 N–H and O–H groups in total. The maximum absolute atomic E-state index is 6.05. The summed E-state index contributed by atoms with van der Waals surface area (Å²) < 4.78 is 0. The lowest BCUT2D eigenvalue weighted by atomic mass is 9.70. The van der Waals surface area contributed by atoms with Gasteiger partial charge in [-0.15, -0.1) is 0 Å². The van der Waals surface area contributed by atoms with Crippen LogP contribution in [0.25, 0.3) is 100 Å². The Morgan fingerprint density at radius 3 is 0.694 bits per heavy atom.